The quantitative estimate of drug-likeness (QED) is 0.554. The highest BCUT2D eigenvalue weighted by Crippen LogP contribution is 2.27. The molecule has 146 valence electrons. The number of rotatable bonds is 5. The number of hydrogen-bond acceptors (Lipinski definition) is 4. The molecule has 0 amide bonds. The average molecular weight is 384 g/mol. The van der Waals surface area contributed by atoms with Crippen molar-refractivity contribution in [3.8, 4) is 5.75 Å². The predicted octanol–water partition coefficient (Wildman–Crippen LogP) is 4.40. The SMILES string of the molecule is Cc1ncc2c(n1)CCN(Cc1c[nH]c3ccc(OCc4ccccc4)cc13)C2. The summed E-state index contributed by atoms with van der Waals surface area (Å²) in [6.07, 6.45) is 5.08. The maximum atomic E-state index is 6.03. The lowest BCUT2D eigenvalue weighted by Crippen LogP contribution is -2.30. The Morgan fingerprint density at radius 1 is 1.14 bits per heavy atom. The molecule has 0 saturated carbocycles. The first-order valence-corrected chi connectivity index (χ1v) is 10.0. The first kappa shape index (κ1) is 17.9. The smallest absolute Gasteiger partial charge is 0.125 e. The van der Waals surface area contributed by atoms with Gasteiger partial charge in [0.1, 0.15) is 18.2 Å². The van der Waals surface area contributed by atoms with E-state index in [0.717, 1.165) is 43.1 Å². The maximum Gasteiger partial charge on any atom is 0.125 e. The summed E-state index contributed by atoms with van der Waals surface area (Å²) in [6, 6.07) is 16.5. The molecule has 0 aliphatic carbocycles. The summed E-state index contributed by atoms with van der Waals surface area (Å²) in [4.78, 5) is 14.8. The molecule has 0 radical (unpaired) electrons. The Hall–Kier alpha value is -3.18. The third kappa shape index (κ3) is 3.87. The van der Waals surface area contributed by atoms with Crippen molar-refractivity contribution in [1.82, 2.24) is 19.9 Å². The number of aryl methyl sites for hydroxylation is 1. The van der Waals surface area contributed by atoms with Gasteiger partial charge in [-0.3, -0.25) is 4.90 Å². The zero-order valence-corrected chi connectivity index (χ0v) is 16.6. The van der Waals surface area contributed by atoms with Crippen LogP contribution in [-0.2, 0) is 26.1 Å². The second-order valence-corrected chi connectivity index (χ2v) is 7.65. The maximum absolute atomic E-state index is 6.03. The van der Waals surface area contributed by atoms with Gasteiger partial charge in [0.2, 0.25) is 0 Å². The van der Waals surface area contributed by atoms with Crippen LogP contribution >= 0.6 is 0 Å². The standard InChI is InChI=1S/C24H24N4O/c1-17-25-13-20-15-28(10-9-23(20)27-17)14-19-12-26-24-8-7-21(11-22(19)24)29-16-18-5-3-2-4-6-18/h2-8,11-13,26H,9-10,14-16H2,1H3. The summed E-state index contributed by atoms with van der Waals surface area (Å²) in [5.74, 6) is 1.76. The molecule has 0 unspecified atom stereocenters. The van der Waals surface area contributed by atoms with Crippen molar-refractivity contribution in [2.45, 2.75) is 33.0 Å². The topological polar surface area (TPSA) is 54.0 Å². The number of nitrogens with zero attached hydrogens (tertiary/aromatic N) is 3. The van der Waals surface area contributed by atoms with E-state index in [9.17, 15) is 0 Å². The first-order valence-electron chi connectivity index (χ1n) is 10.0. The molecule has 29 heavy (non-hydrogen) atoms. The van der Waals surface area contributed by atoms with Crippen molar-refractivity contribution in [1.29, 1.82) is 0 Å². The normalized spacial score (nSPS) is 14.1. The van der Waals surface area contributed by atoms with Crippen molar-refractivity contribution < 1.29 is 4.74 Å². The van der Waals surface area contributed by atoms with Crippen molar-refractivity contribution >= 4 is 10.9 Å². The van der Waals surface area contributed by atoms with Crippen LogP contribution in [0.1, 0.15) is 28.2 Å². The van der Waals surface area contributed by atoms with E-state index in [1.807, 2.05) is 37.4 Å². The van der Waals surface area contributed by atoms with Gasteiger partial charge >= 0.3 is 0 Å². The molecule has 0 saturated heterocycles. The van der Waals surface area contributed by atoms with E-state index in [1.54, 1.807) is 0 Å². The summed E-state index contributed by atoms with van der Waals surface area (Å²) >= 11 is 0. The van der Waals surface area contributed by atoms with Gasteiger partial charge in [0.25, 0.3) is 0 Å². The molecule has 2 aromatic heterocycles. The van der Waals surface area contributed by atoms with Gasteiger partial charge in [-0.05, 0) is 36.2 Å². The number of hydrogen-bond donors (Lipinski definition) is 1. The second kappa shape index (κ2) is 7.68. The first-order chi connectivity index (χ1) is 14.2. The van der Waals surface area contributed by atoms with E-state index in [1.165, 1.54) is 27.8 Å². The van der Waals surface area contributed by atoms with Gasteiger partial charge in [0.15, 0.2) is 0 Å². The van der Waals surface area contributed by atoms with Crippen LogP contribution in [0.4, 0.5) is 0 Å². The van der Waals surface area contributed by atoms with Gasteiger partial charge in [-0.2, -0.15) is 0 Å². The van der Waals surface area contributed by atoms with E-state index in [2.05, 4.69) is 50.3 Å². The molecule has 4 aromatic rings. The summed E-state index contributed by atoms with van der Waals surface area (Å²) in [6.45, 7) is 5.34. The number of ether oxygens (including phenoxy) is 1. The van der Waals surface area contributed by atoms with Crippen LogP contribution in [0.5, 0.6) is 5.75 Å². The van der Waals surface area contributed by atoms with E-state index < -0.39 is 0 Å². The van der Waals surface area contributed by atoms with Crippen molar-refractivity contribution in [2.24, 2.45) is 0 Å². The monoisotopic (exact) mass is 384 g/mol. The zero-order chi connectivity index (χ0) is 19.6. The van der Waals surface area contributed by atoms with Gasteiger partial charge in [-0.1, -0.05) is 30.3 Å². The third-order valence-electron chi connectivity index (χ3n) is 5.51. The molecule has 2 aromatic carbocycles. The van der Waals surface area contributed by atoms with E-state index in [-0.39, 0.29) is 0 Å². The Morgan fingerprint density at radius 3 is 2.93 bits per heavy atom. The van der Waals surface area contributed by atoms with Gasteiger partial charge in [-0.15, -0.1) is 0 Å². The van der Waals surface area contributed by atoms with Gasteiger partial charge in [0.05, 0.1) is 0 Å². The lowest BCUT2D eigenvalue weighted by atomic mass is 10.1. The molecule has 1 N–H and O–H groups in total. The lowest BCUT2D eigenvalue weighted by molar-refractivity contribution is 0.243. The van der Waals surface area contributed by atoms with E-state index >= 15 is 0 Å². The van der Waals surface area contributed by atoms with Crippen LogP contribution in [0.25, 0.3) is 10.9 Å². The molecule has 0 spiro atoms. The Morgan fingerprint density at radius 2 is 2.03 bits per heavy atom. The van der Waals surface area contributed by atoms with Crippen LogP contribution in [0.15, 0.2) is 60.9 Å². The zero-order valence-electron chi connectivity index (χ0n) is 16.6. The number of nitrogens with one attached hydrogen (secondary N) is 1. The number of aromatic nitrogens is 3. The fourth-order valence-electron chi connectivity index (χ4n) is 3.97. The fraction of sp³-hybridized carbons (Fsp3) is 0.250. The molecule has 0 fully saturated rings. The van der Waals surface area contributed by atoms with E-state index in [4.69, 9.17) is 4.74 Å². The average Bonchev–Trinajstić information content (AvgIpc) is 3.15. The van der Waals surface area contributed by atoms with Crippen LogP contribution in [0, 0.1) is 6.92 Å². The minimum atomic E-state index is 0.578. The molecule has 5 heteroatoms. The van der Waals surface area contributed by atoms with Gasteiger partial charge in [-0.25, -0.2) is 9.97 Å². The van der Waals surface area contributed by atoms with Crippen molar-refractivity contribution in [3.63, 3.8) is 0 Å². The molecule has 1 aliphatic heterocycles. The summed E-state index contributed by atoms with van der Waals surface area (Å²) < 4.78 is 6.03. The lowest BCUT2D eigenvalue weighted by Gasteiger charge is -2.27. The Balaban J connectivity index is 1.32. The summed E-state index contributed by atoms with van der Waals surface area (Å²) in [5.41, 5.74) is 6.05. The number of H-pyrrole nitrogens is 1. The van der Waals surface area contributed by atoms with Crippen LogP contribution < -0.4 is 4.74 Å². The Labute approximate surface area is 170 Å². The fourth-order valence-corrected chi connectivity index (χ4v) is 3.97. The minimum absolute atomic E-state index is 0.578. The Kier molecular flexibility index (Phi) is 4.74. The molecule has 0 bridgehead atoms. The minimum Gasteiger partial charge on any atom is -0.489 e. The molecule has 5 rings (SSSR count). The predicted molar refractivity (Wildman–Crippen MR) is 114 cm³/mol. The molecular weight excluding hydrogens is 360 g/mol. The summed E-state index contributed by atoms with van der Waals surface area (Å²) in [5, 5.41) is 1.22. The van der Waals surface area contributed by atoms with Crippen LogP contribution in [0.2, 0.25) is 0 Å². The van der Waals surface area contributed by atoms with Gasteiger partial charge in [0, 0.05) is 60.6 Å². The molecule has 5 nitrogen and oxygen atoms in total. The highest BCUT2D eigenvalue weighted by molar-refractivity contribution is 5.84. The molecule has 1 aliphatic rings. The Bertz CT molecular complexity index is 1140. The highest BCUT2D eigenvalue weighted by atomic mass is 16.5. The summed E-state index contributed by atoms with van der Waals surface area (Å²) in [7, 11) is 0. The third-order valence-corrected chi connectivity index (χ3v) is 5.51. The number of aromatic amines is 1. The highest BCUT2D eigenvalue weighted by Gasteiger charge is 2.19. The van der Waals surface area contributed by atoms with Crippen LogP contribution in [-0.4, -0.2) is 26.4 Å². The van der Waals surface area contributed by atoms with Crippen LogP contribution in [0.3, 0.4) is 0 Å². The van der Waals surface area contributed by atoms with E-state index in [0.29, 0.717) is 6.61 Å². The van der Waals surface area contributed by atoms with Gasteiger partial charge < -0.3 is 9.72 Å². The van der Waals surface area contributed by atoms with Crippen molar-refractivity contribution in [2.75, 3.05) is 6.54 Å². The number of fused-ring (bicyclic) bond motifs is 2. The second-order valence-electron chi connectivity index (χ2n) is 7.65. The largest absolute Gasteiger partial charge is 0.489 e. The molecule has 0 atom stereocenters. The molecular formula is C24H24N4O. The molecule has 3 heterocycles. The number of benzene rings is 2. The van der Waals surface area contributed by atoms with Crippen molar-refractivity contribution in [3.05, 3.63) is 89.1 Å².